The van der Waals surface area contributed by atoms with Crippen LogP contribution < -0.4 is 10.6 Å². The number of nitrogens with zero attached hydrogens (tertiary/aromatic N) is 2. The molecule has 0 saturated heterocycles. The third-order valence-electron chi connectivity index (χ3n) is 6.90. The number of aliphatic hydroxyl groups excluding tert-OH is 1. The van der Waals surface area contributed by atoms with Crippen LogP contribution in [0.1, 0.15) is 57.0 Å². The molecule has 2 aromatic carbocycles. The number of amides is 1. The van der Waals surface area contributed by atoms with Gasteiger partial charge in [-0.25, -0.2) is 9.78 Å². The van der Waals surface area contributed by atoms with Crippen LogP contribution in [-0.4, -0.2) is 44.2 Å². The number of rotatable bonds is 12. The molecule has 0 fully saturated rings. The molecule has 4 N–H and O–H groups in total. The van der Waals surface area contributed by atoms with Crippen LogP contribution in [-0.2, 0) is 24.2 Å². The van der Waals surface area contributed by atoms with Crippen LogP contribution in [0, 0.1) is 13.8 Å². The fourth-order valence-electron chi connectivity index (χ4n) is 4.69. The summed E-state index contributed by atoms with van der Waals surface area (Å²) in [5, 5.41) is 26.0. The molecule has 2 aromatic heterocycles. The molecule has 1 amide bonds. The van der Waals surface area contributed by atoms with E-state index >= 15 is 0 Å². The molecule has 8 heteroatoms. The van der Waals surface area contributed by atoms with Crippen molar-refractivity contribution in [2.45, 2.75) is 52.3 Å². The summed E-state index contributed by atoms with van der Waals surface area (Å²) in [6.45, 7) is 6.89. The van der Waals surface area contributed by atoms with Crippen molar-refractivity contribution in [3.05, 3.63) is 118 Å². The maximum absolute atomic E-state index is 12.5. The van der Waals surface area contributed by atoms with Crippen LogP contribution in [0.5, 0.6) is 0 Å². The van der Waals surface area contributed by atoms with Gasteiger partial charge in [0.05, 0.1) is 18.1 Å². The Balaban J connectivity index is 1.24. The monoisotopic (exact) mass is 540 g/mol. The smallest absolute Gasteiger partial charge is 0.335 e. The van der Waals surface area contributed by atoms with E-state index < -0.39 is 12.1 Å². The van der Waals surface area contributed by atoms with Crippen molar-refractivity contribution in [3.8, 4) is 5.82 Å². The molecule has 40 heavy (non-hydrogen) atoms. The number of hydrogen-bond acceptors (Lipinski definition) is 5. The second-order valence-corrected chi connectivity index (χ2v) is 10.2. The predicted molar refractivity (Wildman–Crippen MR) is 155 cm³/mol. The SMILES string of the molecule is Cc1ccc(C)n1-c1ccc(C(O)CN[C@H](C)Cc2cccc(CC(=O)NCc3ccc(C(=O)O)cc3)c2)cn1. The van der Waals surface area contributed by atoms with Gasteiger partial charge in [0, 0.05) is 42.3 Å². The maximum Gasteiger partial charge on any atom is 0.335 e. The molecule has 4 aromatic rings. The van der Waals surface area contributed by atoms with Crippen LogP contribution >= 0.6 is 0 Å². The van der Waals surface area contributed by atoms with E-state index in [1.165, 1.54) is 12.1 Å². The number of carbonyl (C=O) groups is 2. The molecule has 0 radical (unpaired) electrons. The van der Waals surface area contributed by atoms with Gasteiger partial charge in [-0.2, -0.15) is 0 Å². The lowest BCUT2D eigenvalue weighted by Gasteiger charge is -2.18. The zero-order valence-corrected chi connectivity index (χ0v) is 23.1. The standard InChI is InChI=1S/C32H36N4O4/c1-21(33-20-29(37)28-13-14-30(34-19-28)36-22(2)7-8-23(36)3)15-25-5-4-6-26(16-25)17-31(38)35-18-24-9-11-27(12-10-24)32(39)40/h4-14,16,19,21,29,33,37H,15,17-18,20H2,1-3H3,(H,35,38)(H,39,40)/t21-,29?/m1/s1. The van der Waals surface area contributed by atoms with Crippen molar-refractivity contribution in [2.75, 3.05) is 6.54 Å². The molecule has 0 aliphatic heterocycles. The van der Waals surface area contributed by atoms with E-state index in [1.54, 1.807) is 18.3 Å². The number of pyridine rings is 1. The van der Waals surface area contributed by atoms with Gasteiger partial charge in [0.15, 0.2) is 0 Å². The molecule has 2 atom stereocenters. The number of hydrogen-bond donors (Lipinski definition) is 4. The summed E-state index contributed by atoms with van der Waals surface area (Å²) < 4.78 is 2.08. The van der Waals surface area contributed by atoms with E-state index in [9.17, 15) is 14.7 Å². The first-order valence-electron chi connectivity index (χ1n) is 13.4. The van der Waals surface area contributed by atoms with Gasteiger partial charge in [-0.1, -0.05) is 42.5 Å². The number of aromatic carboxylic acids is 1. The van der Waals surface area contributed by atoms with E-state index in [4.69, 9.17) is 5.11 Å². The largest absolute Gasteiger partial charge is 0.478 e. The van der Waals surface area contributed by atoms with Crippen LogP contribution in [0.3, 0.4) is 0 Å². The van der Waals surface area contributed by atoms with Gasteiger partial charge in [-0.15, -0.1) is 0 Å². The van der Waals surface area contributed by atoms with E-state index in [2.05, 4.69) is 39.2 Å². The Morgan fingerprint density at radius 3 is 2.27 bits per heavy atom. The summed E-state index contributed by atoms with van der Waals surface area (Å²) in [6, 6.07) is 22.5. The van der Waals surface area contributed by atoms with E-state index in [1.807, 2.05) is 50.2 Å². The summed E-state index contributed by atoms with van der Waals surface area (Å²) in [6.07, 6.45) is 2.06. The first-order chi connectivity index (χ1) is 19.2. The van der Waals surface area contributed by atoms with Crippen LogP contribution in [0.4, 0.5) is 0 Å². The molecule has 0 aliphatic rings. The molecule has 0 bridgehead atoms. The first-order valence-corrected chi connectivity index (χ1v) is 13.4. The second-order valence-electron chi connectivity index (χ2n) is 10.2. The van der Waals surface area contributed by atoms with Gasteiger partial charge in [-0.3, -0.25) is 4.79 Å². The summed E-state index contributed by atoms with van der Waals surface area (Å²) in [5.41, 5.74) is 6.07. The van der Waals surface area contributed by atoms with Gasteiger partial charge < -0.3 is 25.4 Å². The van der Waals surface area contributed by atoms with Crippen molar-refractivity contribution in [3.63, 3.8) is 0 Å². The van der Waals surface area contributed by atoms with Crippen LogP contribution in [0.15, 0.2) is 79.0 Å². The number of carboxylic acid groups (broad SMARTS) is 1. The third kappa shape index (κ3) is 7.65. The van der Waals surface area contributed by atoms with Gasteiger partial charge in [0.25, 0.3) is 0 Å². The summed E-state index contributed by atoms with van der Waals surface area (Å²) in [4.78, 5) is 28.0. The second kappa shape index (κ2) is 13.2. The number of aliphatic hydroxyl groups is 1. The lowest BCUT2D eigenvalue weighted by atomic mass is 10.0. The molecule has 1 unspecified atom stereocenters. The van der Waals surface area contributed by atoms with Crippen LogP contribution in [0.2, 0.25) is 0 Å². The molecule has 0 aliphatic carbocycles. The lowest BCUT2D eigenvalue weighted by Crippen LogP contribution is -2.32. The summed E-state index contributed by atoms with van der Waals surface area (Å²) >= 11 is 0. The topological polar surface area (TPSA) is 116 Å². The van der Waals surface area contributed by atoms with E-state index in [0.717, 1.165) is 45.9 Å². The van der Waals surface area contributed by atoms with Gasteiger partial charge in [0.2, 0.25) is 5.91 Å². The average Bonchev–Trinajstić information content (AvgIpc) is 3.28. The quantitative estimate of drug-likeness (QED) is 0.213. The highest BCUT2D eigenvalue weighted by atomic mass is 16.4. The van der Waals surface area contributed by atoms with Crippen molar-refractivity contribution in [1.82, 2.24) is 20.2 Å². The van der Waals surface area contributed by atoms with Gasteiger partial charge >= 0.3 is 5.97 Å². The Bertz CT molecular complexity index is 1430. The minimum atomic E-state index is -0.975. The van der Waals surface area contributed by atoms with Crippen molar-refractivity contribution < 1.29 is 19.8 Å². The number of nitrogens with one attached hydrogen (secondary N) is 2. The Labute approximate surface area is 234 Å². The lowest BCUT2D eigenvalue weighted by molar-refractivity contribution is -0.120. The Morgan fingerprint density at radius 2 is 1.62 bits per heavy atom. The zero-order chi connectivity index (χ0) is 28.6. The normalized spacial score (nSPS) is 12.6. The molecule has 0 saturated carbocycles. The number of aryl methyl sites for hydroxylation is 2. The summed E-state index contributed by atoms with van der Waals surface area (Å²) in [7, 11) is 0. The number of carbonyl (C=O) groups excluding carboxylic acids is 1. The molecular weight excluding hydrogens is 504 g/mol. The zero-order valence-electron chi connectivity index (χ0n) is 23.1. The predicted octanol–water partition coefficient (Wildman–Crippen LogP) is 4.30. The van der Waals surface area contributed by atoms with Crippen LogP contribution in [0.25, 0.3) is 5.82 Å². The number of benzene rings is 2. The summed E-state index contributed by atoms with van der Waals surface area (Å²) in [5.74, 6) is -0.243. The Morgan fingerprint density at radius 1 is 0.925 bits per heavy atom. The minimum absolute atomic E-state index is 0.101. The van der Waals surface area contributed by atoms with Crippen molar-refractivity contribution in [1.29, 1.82) is 0 Å². The first kappa shape index (κ1) is 28.7. The van der Waals surface area contributed by atoms with Crippen molar-refractivity contribution in [2.24, 2.45) is 0 Å². The van der Waals surface area contributed by atoms with Gasteiger partial charge in [-0.05, 0) is 74.2 Å². The molecule has 208 valence electrons. The molecular formula is C32H36N4O4. The molecule has 2 heterocycles. The average molecular weight is 541 g/mol. The highest BCUT2D eigenvalue weighted by Gasteiger charge is 2.13. The number of aromatic nitrogens is 2. The van der Waals surface area contributed by atoms with Crippen molar-refractivity contribution >= 4 is 11.9 Å². The maximum atomic E-state index is 12.5. The van der Waals surface area contributed by atoms with Gasteiger partial charge in [0.1, 0.15) is 5.82 Å². The number of carboxylic acids is 1. The van der Waals surface area contributed by atoms with E-state index in [0.29, 0.717) is 13.1 Å². The minimum Gasteiger partial charge on any atom is -0.478 e. The third-order valence-corrected chi connectivity index (χ3v) is 6.90. The Kier molecular flexibility index (Phi) is 9.47. The molecule has 0 spiro atoms. The van der Waals surface area contributed by atoms with E-state index in [-0.39, 0.29) is 23.9 Å². The Hall–Kier alpha value is -4.27. The fourth-order valence-corrected chi connectivity index (χ4v) is 4.69. The highest BCUT2D eigenvalue weighted by molar-refractivity contribution is 5.87. The highest BCUT2D eigenvalue weighted by Crippen LogP contribution is 2.18. The molecule has 4 rings (SSSR count). The molecule has 8 nitrogen and oxygen atoms in total. The fraction of sp³-hybridized carbons (Fsp3) is 0.281.